The zero-order valence-electron chi connectivity index (χ0n) is 17.4. The molecule has 30 heavy (non-hydrogen) atoms. The quantitative estimate of drug-likeness (QED) is 0.662. The molecular weight excluding hydrogens is 400 g/mol. The van der Waals surface area contributed by atoms with Crippen molar-refractivity contribution in [1.29, 1.82) is 0 Å². The number of hydrogen-bond donors (Lipinski definition) is 1. The minimum atomic E-state index is -0.510. The van der Waals surface area contributed by atoms with E-state index in [1.54, 1.807) is 16.2 Å². The molecule has 0 radical (unpaired) electrons. The van der Waals surface area contributed by atoms with Crippen LogP contribution in [0.5, 0.6) is 0 Å². The van der Waals surface area contributed by atoms with Gasteiger partial charge in [0.1, 0.15) is 5.60 Å². The highest BCUT2D eigenvalue weighted by Crippen LogP contribution is 2.25. The number of likely N-dealkylation sites (tertiary alicyclic amines) is 1. The van der Waals surface area contributed by atoms with Crippen LogP contribution in [0.4, 0.5) is 10.5 Å². The molecule has 1 N–H and O–H groups in total. The van der Waals surface area contributed by atoms with Crippen molar-refractivity contribution in [2.75, 3.05) is 18.4 Å². The number of nitrogens with one attached hydrogen (secondary N) is 1. The fourth-order valence-electron chi connectivity index (χ4n) is 3.49. The molecule has 0 unspecified atom stereocenters. The summed E-state index contributed by atoms with van der Waals surface area (Å²) < 4.78 is 7.41. The molecule has 1 aliphatic rings. The SMILES string of the molecule is CC(C)(C)OC(=O)N1CCC(C(=O)Nc2ccc(-c3cn4ccsc4n3)cc2)CC1. The number of nitrogens with zero attached hydrogens (tertiary/aromatic N) is 3. The van der Waals surface area contributed by atoms with Gasteiger partial charge in [-0.2, -0.15) is 0 Å². The van der Waals surface area contributed by atoms with E-state index >= 15 is 0 Å². The van der Waals surface area contributed by atoms with E-state index in [2.05, 4.69) is 10.3 Å². The van der Waals surface area contributed by atoms with Crippen molar-refractivity contribution in [3.05, 3.63) is 42.0 Å². The molecule has 3 aromatic rings. The molecule has 158 valence electrons. The lowest BCUT2D eigenvalue weighted by Crippen LogP contribution is -2.43. The molecule has 0 spiro atoms. The van der Waals surface area contributed by atoms with Gasteiger partial charge in [0.25, 0.3) is 0 Å². The fraction of sp³-hybridized carbons (Fsp3) is 0.409. The lowest BCUT2D eigenvalue weighted by Gasteiger charge is -2.32. The molecule has 7 nitrogen and oxygen atoms in total. The number of anilines is 1. The van der Waals surface area contributed by atoms with E-state index in [9.17, 15) is 9.59 Å². The Hall–Kier alpha value is -2.87. The Bertz CT molecular complexity index is 1010. The number of thiazole rings is 1. The van der Waals surface area contributed by atoms with Crippen molar-refractivity contribution < 1.29 is 14.3 Å². The zero-order chi connectivity index (χ0) is 21.3. The van der Waals surface area contributed by atoms with Crippen LogP contribution in [0.1, 0.15) is 33.6 Å². The van der Waals surface area contributed by atoms with Crippen LogP contribution in [0.2, 0.25) is 0 Å². The second-order valence-corrected chi connectivity index (χ2v) is 9.40. The van der Waals surface area contributed by atoms with E-state index in [4.69, 9.17) is 4.74 Å². The average Bonchev–Trinajstić information content (AvgIpc) is 3.29. The summed E-state index contributed by atoms with van der Waals surface area (Å²) in [5.74, 6) is -0.114. The van der Waals surface area contributed by atoms with Crippen LogP contribution >= 0.6 is 11.3 Å². The first-order valence-electron chi connectivity index (χ1n) is 10.1. The lowest BCUT2D eigenvalue weighted by molar-refractivity contribution is -0.121. The molecule has 0 saturated carbocycles. The number of amides is 2. The molecule has 1 saturated heterocycles. The minimum Gasteiger partial charge on any atom is -0.444 e. The normalized spacial score (nSPS) is 15.4. The van der Waals surface area contributed by atoms with Gasteiger partial charge in [0.05, 0.1) is 5.69 Å². The second-order valence-electron chi connectivity index (χ2n) is 8.53. The second kappa shape index (κ2) is 8.10. The van der Waals surface area contributed by atoms with Gasteiger partial charge in [-0.15, -0.1) is 11.3 Å². The number of benzene rings is 1. The van der Waals surface area contributed by atoms with Crippen LogP contribution in [0.15, 0.2) is 42.0 Å². The van der Waals surface area contributed by atoms with Crippen LogP contribution < -0.4 is 5.32 Å². The monoisotopic (exact) mass is 426 g/mol. The fourth-order valence-corrected chi connectivity index (χ4v) is 4.19. The number of carbonyl (C=O) groups is 2. The highest BCUT2D eigenvalue weighted by Gasteiger charge is 2.29. The maximum atomic E-state index is 12.7. The summed E-state index contributed by atoms with van der Waals surface area (Å²) >= 11 is 1.60. The molecule has 8 heteroatoms. The number of piperidine rings is 1. The Morgan fingerprint density at radius 3 is 2.50 bits per heavy atom. The first-order chi connectivity index (χ1) is 14.3. The van der Waals surface area contributed by atoms with E-state index < -0.39 is 5.60 Å². The molecule has 2 amide bonds. The Morgan fingerprint density at radius 2 is 1.87 bits per heavy atom. The Morgan fingerprint density at radius 1 is 1.17 bits per heavy atom. The van der Waals surface area contributed by atoms with Gasteiger partial charge in [0.15, 0.2) is 4.96 Å². The van der Waals surface area contributed by atoms with Crippen molar-refractivity contribution in [1.82, 2.24) is 14.3 Å². The summed E-state index contributed by atoms with van der Waals surface area (Å²) in [6.45, 7) is 6.62. The third kappa shape index (κ3) is 4.64. The summed E-state index contributed by atoms with van der Waals surface area (Å²) in [6, 6.07) is 7.73. The standard InChI is InChI=1S/C22H26N4O3S/c1-22(2,3)29-21(28)25-10-8-16(9-11-25)19(27)23-17-6-4-15(5-7-17)18-14-26-12-13-30-20(26)24-18/h4-7,12-14,16H,8-11H2,1-3H3,(H,23,27). The number of hydrogen-bond acceptors (Lipinski definition) is 5. The predicted molar refractivity (Wildman–Crippen MR) is 118 cm³/mol. The minimum absolute atomic E-state index is 0.00547. The maximum Gasteiger partial charge on any atom is 0.410 e. The topological polar surface area (TPSA) is 75.9 Å². The Labute approximate surface area is 179 Å². The van der Waals surface area contributed by atoms with Gasteiger partial charge in [-0.05, 0) is 45.7 Å². The summed E-state index contributed by atoms with van der Waals surface area (Å²) in [5, 5.41) is 5.00. The van der Waals surface area contributed by atoms with Gasteiger partial charge < -0.3 is 15.0 Å². The van der Waals surface area contributed by atoms with Gasteiger partial charge in [-0.3, -0.25) is 9.20 Å². The number of carbonyl (C=O) groups excluding carboxylic acids is 2. The molecular formula is C22H26N4O3S. The third-order valence-electron chi connectivity index (χ3n) is 5.06. The third-order valence-corrected chi connectivity index (χ3v) is 5.83. The van der Waals surface area contributed by atoms with Gasteiger partial charge in [-0.25, -0.2) is 9.78 Å². The predicted octanol–water partition coefficient (Wildman–Crippen LogP) is 4.65. The lowest BCUT2D eigenvalue weighted by atomic mass is 9.96. The largest absolute Gasteiger partial charge is 0.444 e. The highest BCUT2D eigenvalue weighted by molar-refractivity contribution is 7.15. The maximum absolute atomic E-state index is 12.7. The van der Waals surface area contributed by atoms with Gasteiger partial charge in [0, 0.05) is 48.0 Å². The van der Waals surface area contributed by atoms with Crippen molar-refractivity contribution in [3.8, 4) is 11.3 Å². The molecule has 1 fully saturated rings. The van der Waals surface area contributed by atoms with Crippen molar-refractivity contribution in [2.24, 2.45) is 5.92 Å². The van der Waals surface area contributed by atoms with Gasteiger partial charge in [0.2, 0.25) is 5.91 Å². The van der Waals surface area contributed by atoms with Crippen molar-refractivity contribution in [2.45, 2.75) is 39.2 Å². The molecule has 2 aromatic heterocycles. The van der Waals surface area contributed by atoms with E-state index in [1.807, 2.05) is 67.2 Å². The number of rotatable bonds is 3. The summed E-state index contributed by atoms with van der Waals surface area (Å²) in [6.07, 6.45) is 4.94. The van der Waals surface area contributed by atoms with E-state index in [0.29, 0.717) is 25.9 Å². The number of fused-ring (bicyclic) bond motifs is 1. The van der Waals surface area contributed by atoms with Crippen LogP contribution in [0.3, 0.4) is 0 Å². The van der Waals surface area contributed by atoms with Gasteiger partial charge in [-0.1, -0.05) is 12.1 Å². The first kappa shape index (κ1) is 20.4. The van der Waals surface area contributed by atoms with Crippen molar-refractivity contribution >= 4 is 34.0 Å². The smallest absolute Gasteiger partial charge is 0.410 e. The molecule has 1 aliphatic heterocycles. The Balaban J connectivity index is 1.31. The first-order valence-corrected chi connectivity index (χ1v) is 11.0. The molecule has 3 heterocycles. The van der Waals surface area contributed by atoms with E-state index in [1.165, 1.54) is 0 Å². The number of imidazole rings is 1. The molecule has 0 atom stereocenters. The molecule has 0 bridgehead atoms. The number of ether oxygens (including phenoxy) is 1. The highest BCUT2D eigenvalue weighted by atomic mass is 32.1. The van der Waals surface area contributed by atoms with Crippen LogP contribution in [0.25, 0.3) is 16.2 Å². The number of aromatic nitrogens is 2. The van der Waals surface area contributed by atoms with Crippen LogP contribution in [-0.2, 0) is 9.53 Å². The van der Waals surface area contributed by atoms with Crippen molar-refractivity contribution in [3.63, 3.8) is 0 Å². The Kier molecular flexibility index (Phi) is 5.51. The van der Waals surface area contributed by atoms with E-state index in [-0.39, 0.29) is 17.9 Å². The zero-order valence-corrected chi connectivity index (χ0v) is 18.2. The molecule has 1 aromatic carbocycles. The average molecular weight is 427 g/mol. The van der Waals surface area contributed by atoms with E-state index in [0.717, 1.165) is 21.9 Å². The van der Waals surface area contributed by atoms with Gasteiger partial charge >= 0.3 is 6.09 Å². The summed E-state index contributed by atoms with van der Waals surface area (Å²) in [4.78, 5) is 32.1. The van der Waals surface area contributed by atoms with Crippen LogP contribution in [-0.4, -0.2) is 45.0 Å². The molecule has 0 aliphatic carbocycles. The summed E-state index contributed by atoms with van der Waals surface area (Å²) in [5.41, 5.74) is 2.17. The molecule has 4 rings (SSSR count). The van der Waals surface area contributed by atoms with Crippen LogP contribution in [0, 0.1) is 5.92 Å². The summed E-state index contributed by atoms with van der Waals surface area (Å²) in [7, 11) is 0.